The maximum atomic E-state index is 12.0. The minimum atomic E-state index is -0.674. The molecule has 0 bridgehead atoms. The molecule has 1 aromatic rings. The number of nitrogens with zero attached hydrogens (tertiary/aromatic N) is 3. The van der Waals surface area contributed by atoms with E-state index in [1.54, 1.807) is 4.68 Å². The summed E-state index contributed by atoms with van der Waals surface area (Å²) in [6.45, 7) is 5.14. The standard InChI is InChI=1S/C16H25ClN4O2/c1-3-12-11(14(17)20(2)19-12)9-21-8-5-13-16(10-21,15(22)23)6-4-7-18-13/h13,18H,3-10H2,1-2H3,(H,22,23)/t13-,16+/m1/s1. The van der Waals surface area contributed by atoms with Crippen molar-refractivity contribution in [3.8, 4) is 0 Å². The lowest BCUT2D eigenvalue weighted by Gasteiger charge is -2.48. The number of aliphatic carboxylic acids is 1. The van der Waals surface area contributed by atoms with E-state index in [1.807, 2.05) is 7.05 Å². The summed E-state index contributed by atoms with van der Waals surface area (Å²) in [5.74, 6) is -0.674. The molecule has 7 heteroatoms. The number of hydrogen-bond donors (Lipinski definition) is 2. The van der Waals surface area contributed by atoms with E-state index in [1.165, 1.54) is 0 Å². The smallest absolute Gasteiger partial charge is 0.312 e. The van der Waals surface area contributed by atoms with E-state index >= 15 is 0 Å². The molecule has 0 amide bonds. The highest BCUT2D eigenvalue weighted by molar-refractivity contribution is 6.30. The second kappa shape index (κ2) is 6.42. The fourth-order valence-electron chi connectivity index (χ4n) is 4.13. The van der Waals surface area contributed by atoms with Crippen LogP contribution in [0.2, 0.25) is 5.15 Å². The van der Waals surface area contributed by atoms with Crippen molar-refractivity contribution in [1.29, 1.82) is 0 Å². The number of piperidine rings is 2. The van der Waals surface area contributed by atoms with Gasteiger partial charge in [0.2, 0.25) is 0 Å². The highest BCUT2D eigenvalue weighted by atomic mass is 35.5. The van der Waals surface area contributed by atoms with Gasteiger partial charge in [-0.05, 0) is 32.2 Å². The van der Waals surface area contributed by atoms with E-state index in [0.717, 1.165) is 50.0 Å². The van der Waals surface area contributed by atoms with Crippen molar-refractivity contribution in [1.82, 2.24) is 20.0 Å². The van der Waals surface area contributed by atoms with Gasteiger partial charge in [-0.2, -0.15) is 5.10 Å². The SMILES string of the molecule is CCc1nn(C)c(Cl)c1CN1CC[C@H]2NCCC[C@]2(C(=O)O)C1. The molecule has 2 N–H and O–H groups in total. The molecule has 6 nitrogen and oxygen atoms in total. The summed E-state index contributed by atoms with van der Waals surface area (Å²) in [6, 6.07) is 0.0833. The Kier molecular flexibility index (Phi) is 4.67. The van der Waals surface area contributed by atoms with Gasteiger partial charge in [0.05, 0.1) is 11.1 Å². The van der Waals surface area contributed by atoms with Crippen LogP contribution in [-0.4, -0.2) is 51.4 Å². The number of fused-ring (bicyclic) bond motifs is 1. The van der Waals surface area contributed by atoms with Crippen molar-refractivity contribution < 1.29 is 9.90 Å². The molecule has 0 aliphatic carbocycles. The predicted octanol–water partition coefficient (Wildman–Crippen LogP) is 1.66. The number of nitrogens with one attached hydrogen (secondary N) is 1. The van der Waals surface area contributed by atoms with Gasteiger partial charge in [-0.1, -0.05) is 18.5 Å². The molecule has 0 spiro atoms. The summed E-state index contributed by atoms with van der Waals surface area (Å²) >= 11 is 6.39. The molecule has 2 atom stereocenters. The van der Waals surface area contributed by atoms with Gasteiger partial charge in [0, 0.05) is 38.3 Å². The fourth-order valence-corrected chi connectivity index (χ4v) is 4.34. The Balaban J connectivity index is 1.81. The first kappa shape index (κ1) is 16.7. The molecule has 2 fully saturated rings. The van der Waals surface area contributed by atoms with E-state index in [9.17, 15) is 9.90 Å². The van der Waals surface area contributed by atoms with Crippen molar-refractivity contribution in [3.63, 3.8) is 0 Å². The van der Waals surface area contributed by atoms with Crippen LogP contribution in [0.4, 0.5) is 0 Å². The molecule has 1 aromatic heterocycles. The molecular formula is C16H25ClN4O2. The number of halogens is 1. The summed E-state index contributed by atoms with van der Waals surface area (Å²) in [6.07, 6.45) is 3.37. The normalized spacial score (nSPS) is 28.6. The molecule has 0 radical (unpaired) electrons. The van der Waals surface area contributed by atoms with E-state index in [2.05, 4.69) is 22.2 Å². The molecule has 2 aliphatic rings. The minimum Gasteiger partial charge on any atom is -0.481 e. The number of aryl methyl sites for hydroxylation is 2. The van der Waals surface area contributed by atoms with Crippen LogP contribution in [-0.2, 0) is 24.8 Å². The van der Waals surface area contributed by atoms with Crippen LogP contribution < -0.4 is 5.32 Å². The van der Waals surface area contributed by atoms with E-state index in [-0.39, 0.29) is 6.04 Å². The lowest BCUT2D eigenvalue weighted by Crippen LogP contribution is -2.62. The largest absolute Gasteiger partial charge is 0.481 e. The second-order valence-corrected chi connectivity index (χ2v) is 7.12. The Labute approximate surface area is 141 Å². The molecule has 3 heterocycles. The van der Waals surface area contributed by atoms with Crippen molar-refractivity contribution in [2.75, 3.05) is 19.6 Å². The maximum Gasteiger partial charge on any atom is 0.312 e. The lowest BCUT2D eigenvalue weighted by molar-refractivity contribution is -0.157. The number of carbonyl (C=O) groups is 1. The Morgan fingerprint density at radius 2 is 2.35 bits per heavy atom. The zero-order chi connectivity index (χ0) is 16.6. The third-order valence-electron chi connectivity index (χ3n) is 5.39. The fraction of sp³-hybridized carbons (Fsp3) is 0.750. The van der Waals surface area contributed by atoms with Crippen LogP contribution in [0.3, 0.4) is 0 Å². The highest BCUT2D eigenvalue weighted by Crippen LogP contribution is 2.38. The van der Waals surface area contributed by atoms with Gasteiger partial charge in [0.25, 0.3) is 0 Å². The van der Waals surface area contributed by atoms with Crippen molar-refractivity contribution in [2.45, 2.75) is 45.2 Å². The molecule has 0 saturated carbocycles. The monoisotopic (exact) mass is 340 g/mol. The first-order valence-corrected chi connectivity index (χ1v) is 8.75. The minimum absolute atomic E-state index is 0.0833. The van der Waals surface area contributed by atoms with Crippen LogP contribution in [0.1, 0.15) is 37.4 Å². The van der Waals surface area contributed by atoms with Crippen LogP contribution in [0.15, 0.2) is 0 Å². The van der Waals surface area contributed by atoms with Gasteiger partial charge in [-0.15, -0.1) is 0 Å². The Hall–Kier alpha value is -1.11. The number of hydrogen-bond acceptors (Lipinski definition) is 4. The van der Waals surface area contributed by atoms with Crippen LogP contribution >= 0.6 is 11.6 Å². The van der Waals surface area contributed by atoms with Crippen molar-refractivity contribution in [2.24, 2.45) is 12.5 Å². The average Bonchev–Trinajstić information content (AvgIpc) is 2.82. The van der Waals surface area contributed by atoms with Gasteiger partial charge in [-0.25, -0.2) is 0 Å². The van der Waals surface area contributed by atoms with Gasteiger partial charge < -0.3 is 10.4 Å². The van der Waals surface area contributed by atoms with E-state index in [0.29, 0.717) is 18.2 Å². The zero-order valence-electron chi connectivity index (χ0n) is 13.8. The lowest BCUT2D eigenvalue weighted by atomic mass is 9.70. The summed E-state index contributed by atoms with van der Waals surface area (Å²) < 4.78 is 1.71. The molecule has 3 rings (SSSR count). The van der Waals surface area contributed by atoms with E-state index < -0.39 is 11.4 Å². The van der Waals surface area contributed by atoms with Gasteiger partial charge in [-0.3, -0.25) is 14.4 Å². The van der Waals surface area contributed by atoms with Crippen LogP contribution in [0, 0.1) is 5.41 Å². The average molecular weight is 341 g/mol. The quantitative estimate of drug-likeness (QED) is 0.872. The van der Waals surface area contributed by atoms with Crippen molar-refractivity contribution >= 4 is 17.6 Å². The molecule has 23 heavy (non-hydrogen) atoms. The molecule has 2 aliphatic heterocycles. The Morgan fingerprint density at radius 1 is 1.57 bits per heavy atom. The third kappa shape index (κ3) is 2.88. The molecule has 0 aromatic carbocycles. The molecular weight excluding hydrogens is 316 g/mol. The predicted molar refractivity (Wildman–Crippen MR) is 88.6 cm³/mol. The maximum absolute atomic E-state index is 12.0. The first-order valence-electron chi connectivity index (χ1n) is 8.37. The summed E-state index contributed by atoms with van der Waals surface area (Å²) in [5.41, 5.74) is 1.38. The summed E-state index contributed by atoms with van der Waals surface area (Å²) in [7, 11) is 1.85. The molecule has 2 saturated heterocycles. The Bertz CT molecular complexity index is 603. The number of rotatable bonds is 4. The number of likely N-dealkylation sites (tertiary alicyclic amines) is 1. The van der Waals surface area contributed by atoms with Gasteiger partial charge >= 0.3 is 5.97 Å². The second-order valence-electron chi connectivity index (χ2n) is 6.76. The Morgan fingerprint density at radius 3 is 3.04 bits per heavy atom. The number of carboxylic acid groups (broad SMARTS) is 1. The summed E-state index contributed by atoms with van der Waals surface area (Å²) in [5, 5.41) is 18.4. The molecule has 0 unspecified atom stereocenters. The van der Waals surface area contributed by atoms with Gasteiger partial charge in [0.15, 0.2) is 0 Å². The summed E-state index contributed by atoms with van der Waals surface area (Å²) in [4.78, 5) is 14.2. The molecule has 128 valence electrons. The van der Waals surface area contributed by atoms with E-state index in [4.69, 9.17) is 11.6 Å². The van der Waals surface area contributed by atoms with Crippen molar-refractivity contribution in [3.05, 3.63) is 16.4 Å². The van der Waals surface area contributed by atoms with Crippen LogP contribution in [0.5, 0.6) is 0 Å². The third-order valence-corrected chi connectivity index (χ3v) is 5.86. The number of carboxylic acids is 1. The van der Waals surface area contributed by atoms with Crippen LogP contribution in [0.25, 0.3) is 0 Å². The topological polar surface area (TPSA) is 70.4 Å². The highest BCUT2D eigenvalue weighted by Gasteiger charge is 2.50. The first-order chi connectivity index (χ1) is 11.0. The number of aromatic nitrogens is 2. The van der Waals surface area contributed by atoms with Gasteiger partial charge in [0.1, 0.15) is 5.15 Å². The zero-order valence-corrected chi connectivity index (χ0v) is 14.6.